The van der Waals surface area contributed by atoms with E-state index in [1.54, 1.807) is 55.5 Å². The minimum Gasteiger partial charge on any atom is -0.494 e. The van der Waals surface area contributed by atoms with Crippen LogP contribution in [0.5, 0.6) is 5.75 Å². The highest BCUT2D eigenvalue weighted by Crippen LogP contribution is 2.19. The maximum Gasteiger partial charge on any atom is 0.303 e. The summed E-state index contributed by atoms with van der Waals surface area (Å²) in [5.41, 5.74) is 0.978. The fourth-order valence-corrected chi connectivity index (χ4v) is 3.20. The number of carboxylic acids is 1. The average molecular weight is 375 g/mol. The standard InChI is InChI=1S/C19H21NO5S/c1-2-26(24)17-7-4-3-6-16(17)19(23)20-14-9-11-15(12-10-14)25-13-5-8-18(21)22/h3-4,6-7,9-12H,2,5,8,13H2,1H3,(H,20,23)(H,21,22). The van der Waals surface area contributed by atoms with E-state index < -0.39 is 16.8 Å². The Hall–Kier alpha value is -2.67. The van der Waals surface area contributed by atoms with Crippen LogP contribution in [-0.4, -0.2) is 33.6 Å². The van der Waals surface area contributed by atoms with Crippen molar-refractivity contribution in [3.05, 3.63) is 54.1 Å². The van der Waals surface area contributed by atoms with Gasteiger partial charge in [-0.2, -0.15) is 0 Å². The Kier molecular flexibility index (Phi) is 7.35. The van der Waals surface area contributed by atoms with Crippen molar-refractivity contribution in [2.45, 2.75) is 24.7 Å². The van der Waals surface area contributed by atoms with Crippen molar-refractivity contribution in [3.63, 3.8) is 0 Å². The molecule has 2 aromatic rings. The molecule has 0 spiro atoms. The zero-order chi connectivity index (χ0) is 18.9. The predicted octanol–water partition coefficient (Wildman–Crippen LogP) is 3.31. The summed E-state index contributed by atoms with van der Waals surface area (Å²) < 4.78 is 17.5. The van der Waals surface area contributed by atoms with Crippen LogP contribution in [0.1, 0.15) is 30.1 Å². The highest BCUT2D eigenvalue weighted by Gasteiger charge is 2.14. The summed E-state index contributed by atoms with van der Waals surface area (Å²) >= 11 is 0. The van der Waals surface area contributed by atoms with E-state index in [1.807, 2.05) is 0 Å². The summed E-state index contributed by atoms with van der Waals surface area (Å²) in [6.45, 7) is 2.12. The molecule has 138 valence electrons. The molecule has 2 rings (SSSR count). The van der Waals surface area contributed by atoms with Crippen molar-refractivity contribution in [1.82, 2.24) is 0 Å². The molecule has 0 heterocycles. The Balaban J connectivity index is 1.98. The van der Waals surface area contributed by atoms with Gasteiger partial charge in [-0.3, -0.25) is 13.8 Å². The van der Waals surface area contributed by atoms with Gasteiger partial charge in [-0.15, -0.1) is 0 Å². The smallest absolute Gasteiger partial charge is 0.303 e. The lowest BCUT2D eigenvalue weighted by Crippen LogP contribution is -2.15. The molecule has 0 radical (unpaired) electrons. The molecule has 1 amide bonds. The summed E-state index contributed by atoms with van der Waals surface area (Å²) in [5.74, 6) is -0.132. The number of carboxylic acid groups (broad SMARTS) is 1. The molecule has 0 saturated carbocycles. The number of carbonyl (C=O) groups excluding carboxylic acids is 1. The number of benzene rings is 2. The summed E-state index contributed by atoms with van der Waals surface area (Å²) in [5, 5.41) is 11.4. The van der Waals surface area contributed by atoms with Gasteiger partial charge in [0.2, 0.25) is 0 Å². The molecule has 1 atom stereocenters. The summed E-state index contributed by atoms with van der Waals surface area (Å²) in [6, 6.07) is 13.6. The molecule has 0 aromatic heterocycles. The molecule has 0 aliphatic rings. The lowest BCUT2D eigenvalue weighted by Gasteiger charge is -2.10. The lowest BCUT2D eigenvalue weighted by molar-refractivity contribution is -0.137. The van der Waals surface area contributed by atoms with Crippen LogP contribution in [0.25, 0.3) is 0 Å². The zero-order valence-electron chi connectivity index (χ0n) is 14.4. The van der Waals surface area contributed by atoms with Gasteiger partial charge in [0.25, 0.3) is 5.91 Å². The minimum absolute atomic E-state index is 0.0622. The van der Waals surface area contributed by atoms with Gasteiger partial charge in [-0.1, -0.05) is 19.1 Å². The van der Waals surface area contributed by atoms with E-state index in [-0.39, 0.29) is 12.3 Å². The summed E-state index contributed by atoms with van der Waals surface area (Å²) in [6.07, 6.45) is 0.492. The van der Waals surface area contributed by atoms with Gasteiger partial charge in [0.15, 0.2) is 0 Å². The molecule has 7 heteroatoms. The predicted molar refractivity (Wildman–Crippen MR) is 100 cm³/mol. The zero-order valence-corrected chi connectivity index (χ0v) is 15.3. The number of ether oxygens (including phenoxy) is 1. The second-order valence-corrected chi connectivity index (χ2v) is 7.16. The highest BCUT2D eigenvalue weighted by atomic mass is 32.2. The van der Waals surface area contributed by atoms with Crippen LogP contribution in [0.15, 0.2) is 53.4 Å². The number of amides is 1. The molecule has 6 nitrogen and oxygen atoms in total. The normalized spacial score (nSPS) is 11.6. The Labute approximate surface area is 154 Å². The number of carbonyl (C=O) groups is 2. The number of hydrogen-bond donors (Lipinski definition) is 2. The third-order valence-corrected chi connectivity index (χ3v) is 4.93. The van der Waals surface area contributed by atoms with Crippen LogP contribution in [0, 0.1) is 0 Å². The second-order valence-electron chi connectivity index (χ2n) is 5.45. The van der Waals surface area contributed by atoms with Crippen molar-refractivity contribution in [2.24, 2.45) is 0 Å². The highest BCUT2D eigenvalue weighted by molar-refractivity contribution is 7.85. The molecular formula is C19H21NO5S. The molecule has 2 N–H and O–H groups in total. The largest absolute Gasteiger partial charge is 0.494 e. The maximum absolute atomic E-state index is 12.5. The number of anilines is 1. The fraction of sp³-hybridized carbons (Fsp3) is 0.263. The number of nitrogens with one attached hydrogen (secondary N) is 1. The van der Waals surface area contributed by atoms with Crippen molar-refractivity contribution < 1.29 is 23.6 Å². The second kappa shape index (κ2) is 9.72. The third-order valence-electron chi connectivity index (χ3n) is 3.56. The fourth-order valence-electron chi connectivity index (χ4n) is 2.25. The van der Waals surface area contributed by atoms with Crippen LogP contribution in [0.2, 0.25) is 0 Å². The van der Waals surface area contributed by atoms with E-state index in [0.29, 0.717) is 40.7 Å². The van der Waals surface area contributed by atoms with E-state index >= 15 is 0 Å². The monoisotopic (exact) mass is 375 g/mol. The minimum atomic E-state index is -1.22. The molecule has 0 bridgehead atoms. The number of hydrogen-bond acceptors (Lipinski definition) is 4. The first-order chi connectivity index (χ1) is 12.5. The van der Waals surface area contributed by atoms with Gasteiger partial charge in [-0.05, 0) is 42.8 Å². The van der Waals surface area contributed by atoms with E-state index in [9.17, 15) is 13.8 Å². The Morgan fingerprint density at radius 1 is 1.12 bits per heavy atom. The number of aliphatic carboxylic acids is 1. The van der Waals surface area contributed by atoms with E-state index in [4.69, 9.17) is 9.84 Å². The van der Waals surface area contributed by atoms with Crippen LogP contribution < -0.4 is 10.1 Å². The van der Waals surface area contributed by atoms with E-state index in [2.05, 4.69) is 5.32 Å². The molecule has 0 saturated heterocycles. The first kappa shape index (κ1) is 19.7. The topological polar surface area (TPSA) is 92.7 Å². The van der Waals surface area contributed by atoms with Gasteiger partial charge >= 0.3 is 5.97 Å². The molecule has 1 unspecified atom stereocenters. The first-order valence-electron chi connectivity index (χ1n) is 8.24. The van der Waals surface area contributed by atoms with Crippen LogP contribution in [0.4, 0.5) is 5.69 Å². The van der Waals surface area contributed by atoms with Crippen LogP contribution in [0.3, 0.4) is 0 Å². The number of rotatable bonds is 9. The van der Waals surface area contributed by atoms with Crippen LogP contribution in [-0.2, 0) is 15.6 Å². The SMILES string of the molecule is CCS(=O)c1ccccc1C(=O)Nc1ccc(OCCCC(=O)O)cc1. The quantitative estimate of drug-likeness (QED) is 0.656. The molecule has 26 heavy (non-hydrogen) atoms. The summed E-state index contributed by atoms with van der Waals surface area (Å²) in [7, 11) is -1.22. The van der Waals surface area contributed by atoms with Crippen molar-refractivity contribution in [2.75, 3.05) is 17.7 Å². The van der Waals surface area contributed by atoms with Gasteiger partial charge in [0.05, 0.1) is 27.9 Å². The van der Waals surface area contributed by atoms with Gasteiger partial charge in [0.1, 0.15) is 5.75 Å². The van der Waals surface area contributed by atoms with Gasteiger partial charge in [0, 0.05) is 17.9 Å². The average Bonchev–Trinajstić information content (AvgIpc) is 2.65. The molecule has 2 aromatic carbocycles. The molecule has 0 aliphatic carbocycles. The lowest BCUT2D eigenvalue weighted by atomic mass is 10.2. The molecule has 0 aliphatic heterocycles. The first-order valence-corrected chi connectivity index (χ1v) is 9.56. The Bertz CT molecular complexity index is 789. The third kappa shape index (κ3) is 5.70. The van der Waals surface area contributed by atoms with Crippen molar-refractivity contribution in [3.8, 4) is 5.75 Å². The molecular weight excluding hydrogens is 354 g/mol. The van der Waals surface area contributed by atoms with E-state index in [0.717, 1.165) is 0 Å². The maximum atomic E-state index is 12.5. The Morgan fingerprint density at radius 2 is 1.81 bits per heavy atom. The summed E-state index contributed by atoms with van der Waals surface area (Å²) in [4.78, 5) is 23.4. The van der Waals surface area contributed by atoms with E-state index in [1.165, 1.54) is 0 Å². The van der Waals surface area contributed by atoms with Crippen molar-refractivity contribution >= 4 is 28.4 Å². The van der Waals surface area contributed by atoms with Gasteiger partial charge in [-0.25, -0.2) is 0 Å². The van der Waals surface area contributed by atoms with Gasteiger partial charge < -0.3 is 15.2 Å². The van der Waals surface area contributed by atoms with Crippen LogP contribution >= 0.6 is 0 Å². The Morgan fingerprint density at radius 3 is 2.46 bits per heavy atom. The van der Waals surface area contributed by atoms with Crippen molar-refractivity contribution in [1.29, 1.82) is 0 Å². The molecule has 0 fully saturated rings.